The number of nitrogens with one attached hydrogen (secondary N) is 1. The lowest BCUT2D eigenvalue weighted by Gasteiger charge is -2.15. The highest BCUT2D eigenvalue weighted by atomic mass is 32.2. The lowest BCUT2D eigenvalue weighted by Crippen LogP contribution is -2.20. The Hall–Kier alpha value is -5.18. The summed E-state index contributed by atoms with van der Waals surface area (Å²) in [5, 5.41) is 4.97. The Balaban J connectivity index is 1.49. The minimum atomic E-state index is -4.19. The fourth-order valence-corrected chi connectivity index (χ4v) is 6.71. The number of carbonyl (C=O) groups is 1. The van der Waals surface area contributed by atoms with Crippen LogP contribution in [0.25, 0.3) is 27.6 Å². The van der Waals surface area contributed by atoms with Gasteiger partial charge in [-0.2, -0.15) is 5.10 Å². The number of hydrogen-bond acceptors (Lipinski definition) is 7. The molecule has 3 N–H and O–H groups in total. The fourth-order valence-electron chi connectivity index (χ4n) is 5.21. The number of aromatic nitrogens is 5. The van der Waals surface area contributed by atoms with Crippen molar-refractivity contribution in [2.75, 3.05) is 19.3 Å². The van der Waals surface area contributed by atoms with Crippen LogP contribution >= 0.6 is 0 Å². The third kappa shape index (κ3) is 4.97. The first-order valence-electron chi connectivity index (χ1n) is 13.5. The lowest BCUT2D eigenvalue weighted by molar-refractivity contribution is 0.103. The van der Waals surface area contributed by atoms with Crippen LogP contribution in [-0.2, 0) is 16.6 Å². The molecule has 10 nitrogen and oxygen atoms in total. The molecule has 11 heteroatoms. The number of fused-ring (bicyclic) bond motifs is 2. The molecule has 0 aliphatic rings. The smallest absolute Gasteiger partial charge is 0.268 e. The molecular formula is C32H29N7O3S. The molecule has 0 spiro atoms. The van der Waals surface area contributed by atoms with Crippen LogP contribution in [0.2, 0.25) is 0 Å². The van der Waals surface area contributed by atoms with Crippen molar-refractivity contribution in [3.63, 3.8) is 0 Å². The number of nitrogens with two attached hydrogens (primary N) is 1. The van der Waals surface area contributed by atoms with E-state index in [1.807, 2.05) is 44.0 Å². The monoisotopic (exact) mass is 591 g/mol. The fraction of sp³-hybridized carbons (Fsp3) is 0.156. The van der Waals surface area contributed by atoms with E-state index in [0.29, 0.717) is 29.7 Å². The van der Waals surface area contributed by atoms with E-state index in [0.717, 1.165) is 32.0 Å². The number of rotatable bonds is 8. The van der Waals surface area contributed by atoms with Crippen molar-refractivity contribution in [3.05, 3.63) is 101 Å². The van der Waals surface area contributed by atoms with Crippen LogP contribution in [0.1, 0.15) is 33.0 Å². The quantitative estimate of drug-likeness (QED) is 0.198. The second kappa shape index (κ2) is 10.6. The third-order valence-electron chi connectivity index (χ3n) is 7.31. The average Bonchev–Trinajstić information content (AvgIpc) is 3.66. The number of imidazole rings is 1. The SMILES string of the molecule is C#CCN(C)Cc1ccc2cc(C(=O)c3cnn(-c4ccc5nc(C)[nH]c5c4)c3N)n(S(=O)(=O)c3ccc(C)cc3)c2c1. The van der Waals surface area contributed by atoms with E-state index in [4.69, 9.17) is 12.2 Å². The van der Waals surface area contributed by atoms with Crippen LogP contribution < -0.4 is 5.73 Å². The Morgan fingerprint density at radius 1 is 1.07 bits per heavy atom. The second-order valence-corrected chi connectivity index (χ2v) is 12.4. The Morgan fingerprint density at radius 2 is 1.84 bits per heavy atom. The third-order valence-corrected chi connectivity index (χ3v) is 9.05. The van der Waals surface area contributed by atoms with Crippen molar-refractivity contribution < 1.29 is 13.2 Å². The first-order chi connectivity index (χ1) is 20.6. The van der Waals surface area contributed by atoms with Gasteiger partial charge >= 0.3 is 0 Å². The lowest BCUT2D eigenvalue weighted by atomic mass is 10.1. The maximum absolute atomic E-state index is 14.2. The van der Waals surface area contributed by atoms with Crippen LogP contribution in [0, 0.1) is 26.2 Å². The molecule has 216 valence electrons. The van der Waals surface area contributed by atoms with Gasteiger partial charge in [-0.3, -0.25) is 9.69 Å². The van der Waals surface area contributed by atoms with Gasteiger partial charge in [-0.25, -0.2) is 22.1 Å². The molecule has 0 radical (unpaired) electrons. The number of terminal acetylenes is 1. The Labute approximate surface area is 248 Å². The second-order valence-electron chi connectivity index (χ2n) is 10.6. The zero-order valence-corrected chi connectivity index (χ0v) is 24.7. The summed E-state index contributed by atoms with van der Waals surface area (Å²) in [5.74, 6) is 2.89. The zero-order chi connectivity index (χ0) is 30.5. The molecule has 0 bridgehead atoms. The summed E-state index contributed by atoms with van der Waals surface area (Å²) in [7, 11) is -2.31. The van der Waals surface area contributed by atoms with Crippen molar-refractivity contribution in [2.24, 2.45) is 0 Å². The van der Waals surface area contributed by atoms with Gasteiger partial charge < -0.3 is 10.7 Å². The molecule has 0 aliphatic carbocycles. The number of H-pyrrole nitrogens is 1. The normalized spacial score (nSPS) is 11.9. The number of nitrogen functional groups attached to an aromatic ring is 1. The molecule has 3 heterocycles. The van der Waals surface area contributed by atoms with Gasteiger partial charge in [-0.05, 0) is 68.9 Å². The summed E-state index contributed by atoms with van der Waals surface area (Å²) in [6.45, 7) is 4.67. The maximum Gasteiger partial charge on any atom is 0.268 e. The number of anilines is 1. The molecule has 3 aromatic heterocycles. The first kappa shape index (κ1) is 28.0. The van der Waals surface area contributed by atoms with Gasteiger partial charge in [0, 0.05) is 11.9 Å². The number of aromatic amines is 1. The summed E-state index contributed by atoms with van der Waals surface area (Å²) >= 11 is 0. The molecule has 43 heavy (non-hydrogen) atoms. The van der Waals surface area contributed by atoms with Gasteiger partial charge in [0.05, 0.1) is 45.4 Å². The molecule has 0 saturated heterocycles. The van der Waals surface area contributed by atoms with Crippen LogP contribution in [-0.4, -0.2) is 56.4 Å². The number of aryl methyl sites for hydroxylation is 2. The molecular weight excluding hydrogens is 562 g/mol. The number of ketones is 1. The van der Waals surface area contributed by atoms with Gasteiger partial charge in [0.15, 0.2) is 0 Å². The molecule has 0 saturated carbocycles. The summed E-state index contributed by atoms with van der Waals surface area (Å²) < 4.78 is 30.9. The Bertz CT molecular complexity index is 2180. The van der Waals surface area contributed by atoms with Crippen molar-refractivity contribution in [3.8, 4) is 18.0 Å². The highest BCUT2D eigenvalue weighted by molar-refractivity contribution is 7.90. The predicted octanol–water partition coefficient (Wildman–Crippen LogP) is 4.44. The van der Waals surface area contributed by atoms with Gasteiger partial charge in [-0.1, -0.05) is 35.7 Å². The Morgan fingerprint density at radius 3 is 2.58 bits per heavy atom. The molecule has 0 atom stereocenters. The molecule has 0 amide bonds. The van der Waals surface area contributed by atoms with E-state index in [9.17, 15) is 13.2 Å². The molecule has 0 fully saturated rings. The van der Waals surface area contributed by atoms with Gasteiger partial charge in [-0.15, -0.1) is 6.42 Å². The number of hydrogen-bond donors (Lipinski definition) is 2. The van der Waals surface area contributed by atoms with Crippen LogP contribution in [0.5, 0.6) is 0 Å². The van der Waals surface area contributed by atoms with Gasteiger partial charge in [0.25, 0.3) is 10.0 Å². The maximum atomic E-state index is 14.2. The highest BCUT2D eigenvalue weighted by Crippen LogP contribution is 2.30. The summed E-state index contributed by atoms with van der Waals surface area (Å²) in [5.41, 5.74) is 10.9. The number of carbonyl (C=O) groups excluding carboxylic acids is 1. The first-order valence-corrected chi connectivity index (χ1v) is 14.9. The van der Waals surface area contributed by atoms with E-state index in [1.165, 1.54) is 23.0 Å². The largest absolute Gasteiger partial charge is 0.383 e. The standard InChI is InChI=1S/C32H29N7O3S/c1-5-14-37(4)19-22-8-9-23-16-30(39(29(23)15-22)43(41,42)25-11-6-20(2)7-12-25)31(40)26-18-34-38(32(26)33)24-10-13-27-28(17-24)36-21(3)35-27/h1,6-13,15-18H,14,19,33H2,2-4H3,(H,35,36). The number of benzene rings is 3. The summed E-state index contributed by atoms with van der Waals surface area (Å²) in [4.78, 5) is 23.7. The predicted molar refractivity (Wildman–Crippen MR) is 167 cm³/mol. The van der Waals surface area contributed by atoms with Crippen LogP contribution in [0.15, 0.2) is 77.8 Å². The van der Waals surface area contributed by atoms with Gasteiger partial charge in [0.1, 0.15) is 17.3 Å². The van der Waals surface area contributed by atoms with Crippen LogP contribution in [0.3, 0.4) is 0 Å². The van der Waals surface area contributed by atoms with Crippen molar-refractivity contribution in [2.45, 2.75) is 25.3 Å². The summed E-state index contributed by atoms with van der Waals surface area (Å²) in [6.07, 6.45) is 6.83. The molecule has 6 rings (SSSR count). The minimum absolute atomic E-state index is 0.0457. The van der Waals surface area contributed by atoms with E-state index < -0.39 is 15.8 Å². The number of nitrogens with zero attached hydrogens (tertiary/aromatic N) is 5. The summed E-state index contributed by atoms with van der Waals surface area (Å²) in [6, 6.07) is 19.1. The average molecular weight is 592 g/mol. The topological polar surface area (TPSA) is 132 Å². The van der Waals surface area contributed by atoms with E-state index in [1.54, 1.807) is 36.4 Å². The Kier molecular flexibility index (Phi) is 6.88. The molecule has 0 aliphatic heterocycles. The minimum Gasteiger partial charge on any atom is -0.383 e. The molecule has 3 aromatic carbocycles. The van der Waals surface area contributed by atoms with Crippen LogP contribution in [0.4, 0.5) is 5.82 Å². The van der Waals surface area contributed by atoms with Crippen molar-refractivity contribution in [1.29, 1.82) is 0 Å². The highest BCUT2D eigenvalue weighted by Gasteiger charge is 2.29. The van der Waals surface area contributed by atoms with E-state index in [2.05, 4.69) is 21.0 Å². The zero-order valence-electron chi connectivity index (χ0n) is 23.9. The molecule has 0 unspecified atom stereocenters. The molecule has 6 aromatic rings. The van der Waals surface area contributed by atoms with E-state index >= 15 is 0 Å². The van der Waals surface area contributed by atoms with Crippen molar-refractivity contribution >= 4 is 43.6 Å². The van der Waals surface area contributed by atoms with E-state index in [-0.39, 0.29) is 22.0 Å². The van der Waals surface area contributed by atoms with Crippen molar-refractivity contribution in [1.82, 2.24) is 28.6 Å². The van der Waals surface area contributed by atoms with Gasteiger partial charge in [0.2, 0.25) is 5.78 Å².